The Balaban J connectivity index is 2.70. The third-order valence-corrected chi connectivity index (χ3v) is 5.35. The van der Waals surface area contributed by atoms with Crippen LogP contribution in [0, 0.1) is 0 Å². The van der Waals surface area contributed by atoms with E-state index in [0.29, 0.717) is 7.12 Å². The summed E-state index contributed by atoms with van der Waals surface area (Å²) in [5.41, 5.74) is 0. The minimum absolute atomic E-state index is 0.520. The van der Waals surface area contributed by atoms with E-state index in [9.17, 15) is 0 Å². The van der Waals surface area contributed by atoms with Gasteiger partial charge in [0.1, 0.15) is 8.24 Å². The highest BCUT2D eigenvalue weighted by molar-refractivity contribution is 6.81. The molecule has 76 valence electrons. The van der Waals surface area contributed by atoms with Crippen LogP contribution in [0.15, 0.2) is 0 Å². The van der Waals surface area contributed by atoms with Gasteiger partial charge in [-0.2, -0.15) is 0 Å². The van der Waals surface area contributed by atoms with Crippen molar-refractivity contribution in [3.8, 4) is 0 Å². The Morgan fingerprint density at radius 3 is 1.77 bits per heavy atom. The average Bonchev–Trinajstić information content (AvgIpc) is 2.28. The van der Waals surface area contributed by atoms with E-state index in [1.165, 1.54) is 13.1 Å². The lowest BCUT2D eigenvalue weighted by atomic mass is 9.92. The van der Waals surface area contributed by atoms with Gasteiger partial charge < -0.3 is 14.1 Å². The molecule has 5 heteroatoms. The molecule has 0 aromatic carbocycles. The van der Waals surface area contributed by atoms with Crippen molar-refractivity contribution in [2.24, 2.45) is 0 Å². The molecule has 0 bridgehead atoms. The summed E-state index contributed by atoms with van der Waals surface area (Å²) in [5, 5.41) is 0. The summed E-state index contributed by atoms with van der Waals surface area (Å²) < 4.78 is 2.56. The van der Waals surface area contributed by atoms with E-state index in [1.54, 1.807) is 0 Å². The van der Waals surface area contributed by atoms with Crippen LogP contribution < -0.4 is 0 Å². The number of nitrogens with zero attached hydrogens (tertiary/aromatic N) is 3. The van der Waals surface area contributed by atoms with Crippen molar-refractivity contribution >= 4 is 15.4 Å². The molecule has 3 nitrogen and oxygen atoms in total. The molecular formula is C8H22BN3Si. The second-order valence-electron chi connectivity index (χ2n) is 5.09. The molecule has 1 saturated heterocycles. The van der Waals surface area contributed by atoms with E-state index in [1.807, 2.05) is 0 Å². The number of hydrogen-bond donors (Lipinski definition) is 0. The second-order valence-corrected chi connectivity index (χ2v) is 10.1. The lowest BCUT2D eigenvalue weighted by molar-refractivity contribution is 0.524. The van der Waals surface area contributed by atoms with Crippen molar-refractivity contribution in [2.45, 2.75) is 19.6 Å². The number of rotatable bonds is 2. The zero-order valence-corrected chi connectivity index (χ0v) is 10.8. The number of hydrogen-bond acceptors (Lipinski definition) is 3. The molecule has 0 atom stereocenters. The van der Waals surface area contributed by atoms with Crippen LogP contribution in [0.3, 0.4) is 0 Å². The molecule has 1 rings (SSSR count). The van der Waals surface area contributed by atoms with Gasteiger partial charge in [-0.1, -0.05) is 19.6 Å². The maximum atomic E-state index is 2.56. The summed E-state index contributed by atoms with van der Waals surface area (Å²) in [7, 11) is 6.05. The summed E-state index contributed by atoms with van der Waals surface area (Å²) in [4.78, 5) is 4.86. The molecule has 0 amide bonds. The van der Waals surface area contributed by atoms with Crippen molar-refractivity contribution in [3.63, 3.8) is 0 Å². The third-order valence-electron chi connectivity index (χ3n) is 3.00. The Kier molecular flexibility index (Phi) is 3.22. The fourth-order valence-electron chi connectivity index (χ4n) is 1.82. The highest BCUT2D eigenvalue weighted by Gasteiger charge is 2.40. The quantitative estimate of drug-likeness (QED) is 0.603. The summed E-state index contributed by atoms with van der Waals surface area (Å²) in [6.07, 6.45) is 0. The van der Waals surface area contributed by atoms with Gasteiger partial charge in [-0.15, -0.1) is 0 Å². The summed E-state index contributed by atoms with van der Waals surface area (Å²) in [5.74, 6) is 0. The highest BCUT2D eigenvalue weighted by atomic mass is 28.3. The topological polar surface area (TPSA) is 9.72 Å². The van der Waals surface area contributed by atoms with Crippen LogP contribution in [-0.4, -0.2) is 63.7 Å². The SMILES string of the molecule is CN1CCN(C)B1N(C)[Si](C)(C)C. The predicted molar refractivity (Wildman–Crippen MR) is 62.1 cm³/mol. The molecule has 0 aliphatic carbocycles. The molecule has 1 heterocycles. The zero-order chi connectivity index (χ0) is 10.2. The van der Waals surface area contributed by atoms with Gasteiger partial charge in [0.25, 0.3) is 0 Å². The Morgan fingerprint density at radius 1 is 1.08 bits per heavy atom. The molecule has 0 aromatic rings. The van der Waals surface area contributed by atoms with Crippen LogP contribution >= 0.6 is 0 Å². The summed E-state index contributed by atoms with van der Waals surface area (Å²) >= 11 is 0. The Morgan fingerprint density at radius 2 is 1.46 bits per heavy atom. The smallest absolute Gasteiger partial charge is 0.339 e. The second kappa shape index (κ2) is 3.73. The van der Waals surface area contributed by atoms with Gasteiger partial charge in [0, 0.05) is 13.1 Å². The third kappa shape index (κ3) is 2.34. The normalized spacial score (nSPS) is 21.9. The van der Waals surface area contributed by atoms with Crippen LogP contribution in [0.1, 0.15) is 0 Å². The minimum atomic E-state index is -1.16. The number of likely N-dealkylation sites (N-methyl/N-ethyl adjacent to an activating group) is 2. The summed E-state index contributed by atoms with van der Waals surface area (Å²) in [6.45, 7) is 9.57. The van der Waals surface area contributed by atoms with Crippen LogP contribution in [0.2, 0.25) is 19.6 Å². The van der Waals surface area contributed by atoms with Gasteiger partial charge in [0.15, 0.2) is 0 Å². The molecule has 0 aromatic heterocycles. The van der Waals surface area contributed by atoms with E-state index in [-0.39, 0.29) is 0 Å². The molecule has 0 N–H and O–H groups in total. The first-order valence-corrected chi connectivity index (χ1v) is 8.42. The predicted octanol–water partition coefficient (Wildman–Crippen LogP) is 0.615. The Hall–Kier alpha value is 0.162. The van der Waals surface area contributed by atoms with Crippen LogP contribution in [0.5, 0.6) is 0 Å². The maximum Gasteiger partial charge on any atom is 0.395 e. The van der Waals surface area contributed by atoms with Gasteiger partial charge in [0.05, 0.1) is 0 Å². The van der Waals surface area contributed by atoms with Crippen molar-refractivity contribution in [2.75, 3.05) is 34.2 Å². The van der Waals surface area contributed by atoms with Crippen LogP contribution in [0.4, 0.5) is 0 Å². The molecule has 1 aliphatic heterocycles. The molecule has 0 radical (unpaired) electrons. The molecular weight excluding hydrogens is 177 g/mol. The Labute approximate surface area is 83.9 Å². The van der Waals surface area contributed by atoms with E-state index in [0.717, 1.165) is 0 Å². The fraction of sp³-hybridized carbons (Fsp3) is 1.00. The monoisotopic (exact) mass is 199 g/mol. The fourth-order valence-corrected chi connectivity index (χ4v) is 2.91. The van der Waals surface area contributed by atoms with E-state index >= 15 is 0 Å². The largest absolute Gasteiger partial charge is 0.395 e. The van der Waals surface area contributed by atoms with Gasteiger partial charge in [-0.25, -0.2) is 0 Å². The zero-order valence-electron chi connectivity index (χ0n) is 9.83. The van der Waals surface area contributed by atoms with E-state index < -0.39 is 8.24 Å². The van der Waals surface area contributed by atoms with Crippen LogP contribution in [0.25, 0.3) is 0 Å². The first-order chi connectivity index (χ1) is 5.84. The first-order valence-electron chi connectivity index (χ1n) is 4.97. The molecule has 1 aliphatic rings. The molecule has 1 fully saturated rings. The molecule has 13 heavy (non-hydrogen) atoms. The maximum absolute atomic E-state index is 2.56. The highest BCUT2D eigenvalue weighted by Crippen LogP contribution is 2.15. The minimum Gasteiger partial charge on any atom is -0.339 e. The lowest BCUT2D eigenvalue weighted by Crippen LogP contribution is -2.61. The van der Waals surface area contributed by atoms with E-state index in [4.69, 9.17) is 0 Å². The molecule has 0 spiro atoms. The van der Waals surface area contributed by atoms with Gasteiger partial charge in [0.2, 0.25) is 0 Å². The van der Waals surface area contributed by atoms with Crippen LogP contribution in [-0.2, 0) is 0 Å². The van der Waals surface area contributed by atoms with Crippen molar-refractivity contribution in [3.05, 3.63) is 0 Å². The van der Waals surface area contributed by atoms with Crippen molar-refractivity contribution in [1.29, 1.82) is 0 Å². The summed E-state index contributed by atoms with van der Waals surface area (Å²) in [6, 6.07) is 0. The van der Waals surface area contributed by atoms with Gasteiger partial charge >= 0.3 is 7.12 Å². The van der Waals surface area contributed by atoms with Crippen molar-refractivity contribution in [1.82, 2.24) is 14.1 Å². The lowest BCUT2D eigenvalue weighted by Gasteiger charge is -2.38. The Bertz CT molecular complexity index is 173. The molecule has 0 unspecified atom stereocenters. The first kappa shape index (κ1) is 11.2. The van der Waals surface area contributed by atoms with E-state index in [2.05, 4.69) is 54.9 Å². The van der Waals surface area contributed by atoms with Gasteiger partial charge in [-0.3, -0.25) is 0 Å². The standard InChI is InChI=1S/C8H22BN3Si/c1-10-7-8-11(2)9(10)12(3)13(4,5)6/h7-8H2,1-6H3. The van der Waals surface area contributed by atoms with Crippen molar-refractivity contribution < 1.29 is 0 Å². The molecule has 0 saturated carbocycles. The average molecular weight is 199 g/mol. The van der Waals surface area contributed by atoms with Gasteiger partial charge in [-0.05, 0) is 21.1 Å².